The van der Waals surface area contributed by atoms with Crippen LogP contribution in [0.1, 0.15) is 51.3 Å². The van der Waals surface area contributed by atoms with Crippen molar-refractivity contribution in [2.75, 3.05) is 33.0 Å². The molecular formula is C25H36N6O. The third-order valence-corrected chi connectivity index (χ3v) is 6.83. The number of anilines is 1. The second-order valence-electron chi connectivity index (χ2n) is 9.08. The predicted octanol–water partition coefficient (Wildman–Crippen LogP) is 3.99. The Morgan fingerprint density at radius 1 is 1.38 bits per heavy atom. The van der Waals surface area contributed by atoms with E-state index in [1.165, 1.54) is 17.7 Å². The summed E-state index contributed by atoms with van der Waals surface area (Å²) in [6.07, 6.45) is 8.75. The summed E-state index contributed by atoms with van der Waals surface area (Å²) in [4.78, 5) is 30.2. The first kappa shape index (κ1) is 22.7. The number of nitrogens with zero attached hydrogens (tertiary/aromatic N) is 4. The Morgan fingerprint density at radius 3 is 2.94 bits per heavy atom. The standard InChI is InChI=1S/C25H36N6O/c1-5-9-17-10-6-13-20(23(17)26-2)31(4)16-22-27-18-11-7-12-19(24(18)29-22)28-25(32)21-14-8-15-30(21)3/h7,9,11-12,20-21H,5-6,8,10,13-16H2,1-4H3,(H,27,29)(H,28,32)/b17-9-,26-23?/t20?,21-/m0/s1. The van der Waals surface area contributed by atoms with Gasteiger partial charge in [-0.1, -0.05) is 19.1 Å². The lowest BCUT2D eigenvalue weighted by molar-refractivity contribution is -0.119. The molecule has 1 aliphatic carbocycles. The Kier molecular flexibility index (Phi) is 7.06. The Balaban J connectivity index is 1.51. The fourth-order valence-corrected chi connectivity index (χ4v) is 5.20. The highest BCUT2D eigenvalue weighted by molar-refractivity contribution is 6.04. The van der Waals surface area contributed by atoms with Crippen LogP contribution in [-0.2, 0) is 11.3 Å². The maximum Gasteiger partial charge on any atom is 0.241 e. The molecule has 2 atom stereocenters. The van der Waals surface area contributed by atoms with Crippen molar-refractivity contribution in [3.05, 3.63) is 35.7 Å². The quantitative estimate of drug-likeness (QED) is 0.718. The molecule has 7 nitrogen and oxygen atoms in total. The molecule has 0 spiro atoms. The van der Waals surface area contributed by atoms with Crippen molar-refractivity contribution in [1.29, 1.82) is 0 Å². The molecular weight excluding hydrogens is 400 g/mol. The zero-order valence-electron chi connectivity index (χ0n) is 19.8. The smallest absolute Gasteiger partial charge is 0.241 e. The predicted molar refractivity (Wildman–Crippen MR) is 131 cm³/mol. The minimum atomic E-state index is -0.0572. The van der Waals surface area contributed by atoms with E-state index in [2.05, 4.69) is 45.1 Å². The Bertz CT molecular complexity index is 1020. The third kappa shape index (κ3) is 4.64. The molecule has 1 aliphatic heterocycles. The van der Waals surface area contributed by atoms with Gasteiger partial charge in [0.15, 0.2) is 0 Å². The fraction of sp³-hybridized carbons (Fsp3) is 0.560. The number of carbonyl (C=O) groups excluding carboxylic acids is 1. The van der Waals surface area contributed by atoms with E-state index in [4.69, 9.17) is 4.98 Å². The van der Waals surface area contributed by atoms with Crippen LogP contribution in [0.15, 0.2) is 34.8 Å². The lowest BCUT2D eigenvalue weighted by Gasteiger charge is -2.33. The van der Waals surface area contributed by atoms with Crippen molar-refractivity contribution in [3.63, 3.8) is 0 Å². The molecule has 2 fully saturated rings. The lowest BCUT2D eigenvalue weighted by Crippen LogP contribution is -2.41. The van der Waals surface area contributed by atoms with E-state index >= 15 is 0 Å². The summed E-state index contributed by atoms with van der Waals surface area (Å²) in [5, 5.41) is 3.12. The van der Waals surface area contributed by atoms with Gasteiger partial charge in [0.1, 0.15) is 11.3 Å². The van der Waals surface area contributed by atoms with Crippen LogP contribution in [-0.4, -0.2) is 71.2 Å². The number of imidazole rings is 1. The van der Waals surface area contributed by atoms with Gasteiger partial charge >= 0.3 is 0 Å². The number of likely N-dealkylation sites (N-methyl/N-ethyl adjacent to an activating group) is 1. The summed E-state index contributed by atoms with van der Waals surface area (Å²) >= 11 is 0. The molecule has 2 N–H and O–H groups in total. The van der Waals surface area contributed by atoms with Crippen molar-refractivity contribution in [3.8, 4) is 0 Å². The molecule has 32 heavy (non-hydrogen) atoms. The van der Waals surface area contributed by atoms with Gasteiger partial charge in [-0.15, -0.1) is 0 Å². The SMILES string of the molecule is CC/C=C1/CCCC(N(C)Cc2nc3c(NC(=O)[C@@H]4CCCN4C)cccc3[nH]2)C1=NC. The van der Waals surface area contributed by atoms with E-state index in [0.29, 0.717) is 12.6 Å². The highest BCUT2D eigenvalue weighted by atomic mass is 16.2. The van der Waals surface area contributed by atoms with Crippen molar-refractivity contribution >= 4 is 28.3 Å². The molecule has 1 unspecified atom stereocenters. The molecule has 1 aromatic carbocycles. The normalized spacial score (nSPS) is 24.8. The molecule has 7 heteroatoms. The summed E-state index contributed by atoms with van der Waals surface area (Å²) < 4.78 is 0. The van der Waals surface area contributed by atoms with Crippen LogP contribution < -0.4 is 5.32 Å². The number of aromatic nitrogens is 2. The number of rotatable bonds is 6. The number of aromatic amines is 1. The number of nitrogens with one attached hydrogen (secondary N) is 2. The van der Waals surface area contributed by atoms with Gasteiger partial charge in [-0.25, -0.2) is 4.98 Å². The summed E-state index contributed by atoms with van der Waals surface area (Å²) in [7, 11) is 6.07. The first-order valence-corrected chi connectivity index (χ1v) is 11.9. The molecule has 172 valence electrons. The van der Waals surface area contributed by atoms with Gasteiger partial charge < -0.3 is 10.3 Å². The number of hydrogen-bond donors (Lipinski definition) is 2. The molecule has 2 aliphatic rings. The molecule has 1 amide bonds. The zero-order chi connectivity index (χ0) is 22.7. The summed E-state index contributed by atoms with van der Waals surface area (Å²) in [5.41, 5.74) is 5.16. The van der Waals surface area contributed by atoms with Crippen LogP contribution in [0, 0.1) is 0 Å². The highest BCUT2D eigenvalue weighted by Crippen LogP contribution is 2.27. The first-order valence-electron chi connectivity index (χ1n) is 11.9. The second kappa shape index (κ2) is 9.96. The van der Waals surface area contributed by atoms with E-state index in [-0.39, 0.29) is 11.9 Å². The Hall–Kier alpha value is -2.51. The Labute approximate surface area is 191 Å². The summed E-state index contributed by atoms with van der Waals surface area (Å²) in [5.74, 6) is 0.963. The number of allylic oxidation sites excluding steroid dienone is 1. The number of H-pyrrole nitrogens is 1. The molecule has 1 aromatic heterocycles. The molecule has 4 rings (SSSR count). The topological polar surface area (TPSA) is 76.6 Å². The number of fused-ring (bicyclic) bond motifs is 1. The molecule has 1 saturated heterocycles. The van der Waals surface area contributed by atoms with Gasteiger partial charge in [0.05, 0.1) is 35.5 Å². The van der Waals surface area contributed by atoms with E-state index < -0.39 is 0 Å². The fourth-order valence-electron chi connectivity index (χ4n) is 5.20. The largest absolute Gasteiger partial charge is 0.341 e. The van der Waals surface area contributed by atoms with Crippen LogP contribution in [0.4, 0.5) is 5.69 Å². The number of carbonyl (C=O) groups is 1. The molecule has 0 bridgehead atoms. The minimum absolute atomic E-state index is 0.0559. The number of benzene rings is 1. The van der Waals surface area contributed by atoms with Gasteiger partial charge in [-0.05, 0) is 76.9 Å². The molecule has 1 saturated carbocycles. The average molecular weight is 437 g/mol. The van der Waals surface area contributed by atoms with Crippen molar-refractivity contribution in [2.45, 2.75) is 64.1 Å². The van der Waals surface area contributed by atoms with Gasteiger partial charge in [-0.3, -0.25) is 19.6 Å². The van der Waals surface area contributed by atoms with E-state index in [1.54, 1.807) is 0 Å². The van der Waals surface area contributed by atoms with E-state index in [1.807, 2.05) is 32.3 Å². The van der Waals surface area contributed by atoms with E-state index in [0.717, 1.165) is 61.2 Å². The van der Waals surface area contributed by atoms with E-state index in [9.17, 15) is 4.79 Å². The maximum absolute atomic E-state index is 12.8. The average Bonchev–Trinajstić information content (AvgIpc) is 3.40. The van der Waals surface area contributed by atoms with Gasteiger partial charge in [0.2, 0.25) is 5.91 Å². The van der Waals surface area contributed by atoms with Crippen LogP contribution in [0.2, 0.25) is 0 Å². The monoisotopic (exact) mass is 436 g/mol. The molecule has 0 radical (unpaired) electrons. The highest BCUT2D eigenvalue weighted by Gasteiger charge is 2.29. The number of likely N-dealkylation sites (tertiary alicyclic amines) is 1. The number of aliphatic imine (C=N–C) groups is 1. The van der Waals surface area contributed by atoms with Crippen LogP contribution >= 0.6 is 0 Å². The third-order valence-electron chi connectivity index (χ3n) is 6.83. The van der Waals surface area contributed by atoms with Crippen molar-refractivity contribution in [2.24, 2.45) is 4.99 Å². The second-order valence-corrected chi connectivity index (χ2v) is 9.08. The summed E-state index contributed by atoms with van der Waals surface area (Å²) in [6, 6.07) is 6.17. The van der Waals surface area contributed by atoms with Gasteiger partial charge in [-0.2, -0.15) is 0 Å². The number of hydrogen-bond acceptors (Lipinski definition) is 5. The van der Waals surface area contributed by atoms with Crippen LogP contribution in [0.25, 0.3) is 11.0 Å². The summed E-state index contributed by atoms with van der Waals surface area (Å²) in [6.45, 7) is 3.86. The minimum Gasteiger partial charge on any atom is -0.341 e. The van der Waals surface area contributed by atoms with Crippen molar-refractivity contribution in [1.82, 2.24) is 19.8 Å². The van der Waals surface area contributed by atoms with Crippen LogP contribution in [0.5, 0.6) is 0 Å². The zero-order valence-corrected chi connectivity index (χ0v) is 19.8. The van der Waals surface area contributed by atoms with Crippen LogP contribution in [0.3, 0.4) is 0 Å². The first-order chi connectivity index (χ1) is 15.5. The lowest BCUT2D eigenvalue weighted by atomic mass is 9.87. The molecule has 2 aromatic rings. The van der Waals surface area contributed by atoms with Gasteiger partial charge in [0, 0.05) is 7.05 Å². The van der Waals surface area contributed by atoms with Gasteiger partial charge in [0.25, 0.3) is 0 Å². The van der Waals surface area contributed by atoms with Crippen molar-refractivity contribution < 1.29 is 4.79 Å². The number of amides is 1. The molecule has 2 heterocycles. The maximum atomic E-state index is 12.8. The Morgan fingerprint density at radius 2 is 2.22 bits per heavy atom. The number of para-hydroxylation sites is 1.